The Labute approximate surface area is 145 Å². The van der Waals surface area contributed by atoms with E-state index in [1.165, 1.54) is 4.90 Å². The molecule has 0 bridgehead atoms. The Morgan fingerprint density at radius 3 is 2.56 bits per heavy atom. The summed E-state index contributed by atoms with van der Waals surface area (Å²) >= 11 is 0. The molecule has 0 spiro atoms. The van der Waals surface area contributed by atoms with Crippen molar-refractivity contribution in [1.29, 1.82) is 0 Å². The minimum atomic E-state index is -0.190. The number of aromatic nitrogens is 1. The zero-order chi connectivity index (χ0) is 17.4. The molecule has 2 aromatic carbocycles. The summed E-state index contributed by atoms with van der Waals surface area (Å²) in [4.78, 5) is 26.6. The van der Waals surface area contributed by atoms with E-state index in [1.54, 1.807) is 12.1 Å². The van der Waals surface area contributed by atoms with Crippen molar-refractivity contribution in [2.75, 3.05) is 16.8 Å². The summed E-state index contributed by atoms with van der Waals surface area (Å²) in [6.45, 7) is 2.02. The summed E-state index contributed by atoms with van der Waals surface area (Å²) in [6, 6.07) is 16.8. The van der Waals surface area contributed by atoms with Crippen LogP contribution in [0.4, 0.5) is 11.4 Å². The van der Waals surface area contributed by atoms with E-state index in [-0.39, 0.29) is 18.4 Å². The van der Waals surface area contributed by atoms with Gasteiger partial charge < -0.3 is 9.88 Å². The molecule has 1 aliphatic rings. The van der Waals surface area contributed by atoms with E-state index in [4.69, 9.17) is 0 Å². The number of aryl methyl sites for hydroxylation is 1. The maximum Gasteiger partial charge on any atom is 0.258 e. The summed E-state index contributed by atoms with van der Waals surface area (Å²) in [5, 5.41) is 2.80. The van der Waals surface area contributed by atoms with E-state index in [9.17, 15) is 9.59 Å². The van der Waals surface area contributed by atoms with Gasteiger partial charge in [-0.05, 0) is 48.9 Å². The first-order valence-corrected chi connectivity index (χ1v) is 8.08. The number of fused-ring (bicyclic) bond motifs is 1. The summed E-state index contributed by atoms with van der Waals surface area (Å²) in [5.41, 5.74) is 3.95. The van der Waals surface area contributed by atoms with E-state index in [0.717, 1.165) is 16.9 Å². The lowest BCUT2D eigenvalue weighted by Gasteiger charge is -2.29. The number of hydrogen-bond donors (Lipinski definition) is 1. The van der Waals surface area contributed by atoms with Gasteiger partial charge in [-0.15, -0.1) is 0 Å². The summed E-state index contributed by atoms with van der Waals surface area (Å²) < 4.78 is 1.98. The van der Waals surface area contributed by atoms with Gasteiger partial charge in [0.25, 0.3) is 5.91 Å². The Bertz CT molecular complexity index is 961. The van der Waals surface area contributed by atoms with Gasteiger partial charge in [-0.1, -0.05) is 18.2 Å². The van der Waals surface area contributed by atoms with Gasteiger partial charge in [0.2, 0.25) is 5.91 Å². The number of para-hydroxylation sites is 2. The second-order valence-electron chi connectivity index (χ2n) is 6.05. The quantitative estimate of drug-likeness (QED) is 0.782. The SMILES string of the molecule is Cc1ccc(C(=O)N2CC(=O)Nc3ccccc32)cc1-n1cccc1. The van der Waals surface area contributed by atoms with Crippen LogP contribution in [0.3, 0.4) is 0 Å². The van der Waals surface area contributed by atoms with Crippen molar-refractivity contribution in [3.05, 3.63) is 78.1 Å². The van der Waals surface area contributed by atoms with Crippen LogP contribution in [0.1, 0.15) is 15.9 Å². The Hall–Kier alpha value is -3.34. The molecule has 0 aliphatic carbocycles. The lowest BCUT2D eigenvalue weighted by atomic mass is 10.1. The predicted octanol–water partition coefficient (Wildman–Crippen LogP) is 3.38. The standard InChI is InChI=1S/C20H17N3O2/c1-14-8-9-15(12-18(14)22-10-4-5-11-22)20(25)23-13-19(24)21-16-6-2-3-7-17(16)23/h2-12H,13H2,1H3,(H,21,24). The first-order chi connectivity index (χ1) is 12.1. The fraction of sp³-hybridized carbons (Fsp3) is 0.100. The third-order valence-electron chi connectivity index (χ3n) is 4.35. The number of anilines is 2. The van der Waals surface area contributed by atoms with Crippen LogP contribution in [0.25, 0.3) is 5.69 Å². The molecule has 2 heterocycles. The number of rotatable bonds is 2. The molecule has 124 valence electrons. The second kappa shape index (κ2) is 5.94. The van der Waals surface area contributed by atoms with Crippen molar-refractivity contribution in [1.82, 2.24) is 4.57 Å². The average Bonchev–Trinajstić information content (AvgIpc) is 3.15. The zero-order valence-electron chi connectivity index (χ0n) is 13.8. The molecule has 5 heteroatoms. The Morgan fingerprint density at radius 1 is 1.00 bits per heavy atom. The van der Waals surface area contributed by atoms with Crippen molar-refractivity contribution < 1.29 is 9.59 Å². The fourth-order valence-electron chi connectivity index (χ4n) is 3.09. The molecular weight excluding hydrogens is 314 g/mol. The molecule has 4 rings (SSSR count). The molecule has 0 atom stereocenters. The predicted molar refractivity (Wildman–Crippen MR) is 97.3 cm³/mol. The number of carbonyl (C=O) groups is 2. The van der Waals surface area contributed by atoms with Gasteiger partial charge in [0.05, 0.1) is 11.4 Å². The van der Waals surface area contributed by atoms with Gasteiger partial charge in [-0.3, -0.25) is 14.5 Å². The van der Waals surface area contributed by atoms with Gasteiger partial charge in [0.15, 0.2) is 0 Å². The molecule has 0 radical (unpaired) electrons. The van der Waals surface area contributed by atoms with Gasteiger partial charge in [0.1, 0.15) is 6.54 Å². The lowest BCUT2D eigenvalue weighted by Crippen LogP contribution is -2.42. The van der Waals surface area contributed by atoms with Gasteiger partial charge >= 0.3 is 0 Å². The number of benzene rings is 2. The van der Waals surface area contributed by atoms with E-state index in [1.807, 2.05) is 66.3 Å². The highest BCUT2D eigenvalue weighted by molar-refractivity contribution is 6.15. The first kappa shape index (κ1) is 15.2. The number of nitrogens with one attached hydrogen (secondary N) is 1. The van der Waals surface area contributed by atoms with Gasteiger partial charge in [0, 0.05) is 23.6 Å². The average molecular weight is 331 g/mol. The fourth-order valence-corrected chi connectivity index (χ4v) is 3.09. The smallest absolute Gasteiger partial charge is 0.258 e. The van der Waals surface area contributed by atoms with Gasteiger partial charge in [-0.2, -0.15) is 0 Å². The molecular formula is C20H17N3O2. The van der Waals surface area contributed by atoms with E-state index >= 15 is 0 Å². The van der Waals surface area contributed by atoms with E-state index in [2.05, 4.69) is 5.32 Å². The molecule has 1 aliphatic heterocycles. The molecule has 2 amide bonds. The molecule has 5 nitrogen and oxygen atoms in total. The second-order valence-corrected chi connectivity index (χ2v) is 6.05. The number of amides is 2. The topological polar surface area (TPSA) is 54.3 Å². The third kappa shape index (κ3) is 2.70. The first-order valence-electron chi connectivity index (χ1n) is 8.08. The minimum Gasteiger partial charge on any atom is -0.324 e. The van der Waals surface area contributed by atoms with Crippen molar-refractivity contribution >= 4 is 23.2 Å². The van der Waals surface area contributed by atoms with Crippen LogP contribution in [0.15, 0.2) is 67.0 Å². The Morgan fingerprint density at radius 2 is 1.76 bits per heavy atom. The minimum absolute atomic E-state index is 0.0164. The number of hydrogen-bond acceptors (Lipinski definition) is 2. The maximum absolute atomic E-state index is 13.1. The highest BCUT2D eigenvalue weighted by atomic mass is 16.2. The number of nitrogens with zero attached hydrogens (tertiary/aromatic N) is 2. The highest BCUT2D eigenvalue weighted by Crippen LogP contribution is 2.30. The van der Waals surface area contributed by atoms with E-state index in [0.29, 0.717) is 11.3 Å². The molecule has 0 unspecified atom stereocenters. The van der Waals surface area contributed by atoms with Crippen LogP contribution in [0, 0.1) is 6.92 Å². The molecule has 0 saturated heterocycles. The largest absolute Gasteiger partial charge is 0.324 e. The monoisotopic (exact) mass is 331 g/mol. The van der Waals surface area contributed by atoms with Crippen molar-refractivity contribution in [3.63, 3.8) is 0 Å². The van der Waals surface area contributed by atoms with Crippen molar-refractivity contribution in [2.24, 2.45) is 0 Å². The van der Waals surface area contributed by atoms with Crippen molar-refractivity contribution in [2.45, 2.75) is 6.92 Å². The van der Waals surface area contributed by atoms with Crippen LogP contribution in [0.5, 0.6) is 0 Å². The van der Waals surface area contributed by atoms with Crippen molar-refractivity contribution in [3.8, 4) is 5.69 Å². The Balaban J connectivity index is 1.75. The normalized spacial score (nSPS) is 13.3. The molecule has 1 N–H and O–H groups in total. The van der Waals surface area contributed by atoms with Crippen LogP contribution in [-0.2, 0) is 4.79 Å². The lowest BCUT2D eigenvalue weighted by molar-refractivity contribution is -0.115. The third-order valence-corrected chi connectivity index (χ3v) is 4.35. The summed E-state index contributed by atoms with van der Waals surface area (Å²) in [7, 11) is 0. The molecule has 25 heavy (non-hydrogen) atoms. The van der Waals surface area contributed by atoms with Crippen LogP contribution < -0.4 is 10.2 Å². The Kier molecular flexibility index (Phi) is 3.61. The van der Waals surface area contributed by atoms with Crippen LogP contribution >= 0.6 is 0 Å². The molecule has 0 saturated carbocycles. The van der Waals surface area contributed by atoms with E-state index < -0.39 is 0 Å². The zero-order valence-corrected chi connectivity index (χ0v) is 13.8. The molecule has 0 fully saturated rings. The van der Waals surface area contributed by atoms with Crippen LogP contribution in [0.2, 0.25) is 0 Å². The molecule has 3 aromatic rings. The highest BCUT2D eigenvalue weighted by Gasteiger charge is 2.27. The summed E-state index contributed by atoms with van der Waals surface area (Å²) in [6.07, 6.45) is 3.89. The summed E-state index contributed by atoms with van der Waals surface area (Å²) in [5.74, 6) is -0.375. The van der Waals surface area contributed by atoms with Crippen LogP contribution in [-0.4, -0.2) is 22.9 Å². The molecule has 1 aromatic heterocycles. The van der Waals surface area contributed by atoms with Gasteiger partial charge in [-0.25, -0.2) is 0 Å². The number of carbonyl (C=O) groups excluding carboxylic acids is 2. The maximum atomic E-state index is 13.1.